The summed E-state index contributed by atoms with van der Waals surface area (Å²) < 4.78 is 7.43. The number of benzene rings is 1. The average Bonchev–Trinajstić information content (AvgIpc) is 3.42. The van der Waals surface area contributed by atoms with Crippen molar-refractivity contribution in [1.29, 1.82) is 5.26 Å². The number of hydrogen-bond acceptors (Lipinski definition) is 8. The van der Waals surface area contributed by atoms with Crippen LogP contribution in [0, 0.1) is 11.3 Å². The summed E-state index contributed by atoms with van der Waals surface area (Å²) in [7, 11) is 0. The number of nitriles is 1. The van der Waals surface area contributed by atoms with Gasteiger partial charge < -0.3 is 9.42 Å². The molecule has 0 amide bonds. The molecule has 1 aliphatic rings. The Morgan fingerprint density at radius 3 is 2.93 bits per heavy atom. The smallest absolute Gasteiger partial charge is 0.258 e. The molecule has 0 fully saturated rings. The van der Waals surface area contributed by atoms with Crippen molar-refractivity contribution in [3.8, 4) is 28.9 Å². The average molecular weight is 419 g/mol. The summed E-state index contributed by atoms with van der Waals surface area (Å²) in [6.45, 7) is 2.03. The minimum Gasteiger partial charge on any atom is -0.334 e. The Bertz CT molecular complexity index is 1260. The second kappa shape index (κ2) is 7.57. The number of anilines is 1. The molecule has 0 saturated heterocycles. The number of halogens is 1. The molecule has 0 unspecified atom stereocenters. The van der Waals surface area contributed by atoms with Gasteiger partial charge in [0.05, 0.1) is 12.1 Å². The van der Waals surface area contributed by atoms with E-state index in [1.807, 2.05) is 16.7 Å². The zero-order valence-electron chi connectivity index (χ0n) is 15.7. The van der Waals surface area contributed by atoms with Gasteiger partial charge in [-0.2, -0.15) is 10.2 Å². The first kappa shape index (κ1) is 18.3. The summed E-state index contributed by atoms with van der Waals surface area (Å²) in [6, 6.07) is 11.2. The summed E-state index contributed by atoms with van der Waals surface area (Å²) >= 11 is 6.05. The van der Waals surface area contributed by atoms with Crippen LogP contribution in [0.4, 0.5) is 5.95 Å². The van der Waals surface area contributed by atoms with Crippen LogP contribution in [0.3, 0.4) is 0 Å². The van der Waals surface area contributed by atoms with Crippen LogP contribution in [-0.4, -0.2) is 36.4 Å². The van der Waals surface area contributed by atoms with E-state index in [1.54, 1.807) is 24.4 Å². The van der Waals surface area contributed by atoms with Crippen molar-refractivity contribution in [2.45, 2.75) is 19.5 Å². The molecule has 0 aliphatic carbocycles. The highest BCUT2D eigenvalue weighted by Gasteiger charge is 2.25. The van der Waals surface area contributed by atoms with Crippen LogP contribution in [0.2, 0.25) is 5.02 Å². The molecule has 1 aromatic carbocycles. The van der Waals surface area contributed by atoms with Crippen molar-refractivity contribution >= 4 is 17.5 Å². The van der Waals surface area contributed by atoms with Crippen molar-refractivity contribution in [3.63, 3.8) is 0 Å². The minimum absolute atomic E-state index is 0.422. The fraction of sp³-hybridized carbons (Fsp3) is 0.200. The maximum Gasteiger partial charge on any atom is 0.258 e. The first-order valence-corrected chi connectivity index (χ1v) is 9.71. The van der Waals surface area contributed by atoms with Gasteiger partial charge in [0.15, 0.2) is 11.6 Å². The molecule has 4 aromatic rings. The molecule has 0 saturated carbocycles. The number of hydrogen-bond donors (Lipinski definition) is 0. The summed E-state index contributed by atoms with van der Waals surface area (Å²) in [5.41, 5.74) is 2.02. The van der Waals surface area contributed by atoms with Gasteiger partial charge in [-0.25, -0.2) is 0 Å². The molecule has 9 nitrogen and oxygen atoms in total. The lowest BCUT2D eigenvalue weighted by Gasteiger charge is -2.27. The first-order valence-electron chi connectivity index (χ1n) is 9.33. The van der Waals surface area contributed by atoms with Crippen LogP contribution in [-0.2, 0) is 13.1 Å². The van der Waals surface area contributed by atoms with Crippen LogP contribution >= 0.6 is 11.6 Å². The molecule has 0 radical (unpaired) electrons. The molecule has 0 N–H and O–H groups in total. The number of pyridine rings is 1. The molecule has 4 heterocycles. The maximum absolute atomic E-state index is 9.13. The van der Waals surface area contributed by atoms with E-state index in [2.05, 4.69) is 36.3 Å². The summed E-state index contributed by atoms with van der Waals surface area (Å²) in [5.74, 6) is 2.39. The lowest BCUT2D eigenvalue weighted by Crippen LogP contribution is -2.32. The van der Waals surface area contributed by atoms with Crippen molar-refractivity contribution in [1.82, 2.24) is 29.9 Å². The number of fused-ring (bicyclic) bond motifs is 1. The normalized spacial score (nSPS) is 13.1. The summed E-state index contributed by atoms with van der Waals surface area (Å²) in [6.07, 6.45) is 4.13. The Balaban J connectivity index is 1.41. The minimum atomic E-state index is 0.422. The van der Waals surface area contributed by atoms with E-state index in [1.165, 1.54) is 6.20 Å². The topological polar surface area (TPSA) is 110 Å². The van der Waals surface area contributed by atoms with Gasteiger partial charge in [0.25, 0.3) is 5.89 Å². The van der Waals surface area contributed by atoms with Crippen molar-refractivity contribution < 1.29 is 4.52 Å². The fourth-order valence-corrected chi connectivity index (χ4v) is 3.66. The number of nitrogens with zero attached hydrogens (tertiary/aromatic N) is 8. The molecule has 0 atom stereocenters. The van der Waals surface area contributed by atoms with Crippen LogP contribution < -0.4 is 4.90 Å². The standard InChI is InChI=1S/C20H15ClN8O/c21-16-4-1-3-14(8-16)19-24-17(27-30-19)12-28-5-2-6-29-18(25-26-20(28)29)15-7-13(9-22)10-23-11-15/h1,3-4,7-8,10-11H,2,5-6,12H2. The highest BCUT2D eigenvalue weighted by atomic mass is 35.5. The Morgan fingerprint density at radius 2 is 2.07 bits per heavy atom. The predicted molar refractivity (Wildman–Crippen MR) is 108 cm³/mol. The van der Waals surface area contributed by atoms with E-state index < -0.39 is 0 Å². The van der Waals surface area contributed by atoms with Crippen molar-refractivity contribution in [2.75, 3.05) is 11.4 Å². The lowest BCUT2D eigenvalue weighted by molar-refractivity contribution is 0.420. The van der Waals surface area contributed by atoms with Gasteiger partial charge in [-0.05, 0) is 30.7 Å². The Morgan fingerprint density at radius 1 is 1.13 bits per heavy atom. The lowest BCUT2D eigenvalue weighted by atomic mass is 10.2. The van der Waals surface area contributed by atoms with Crippen LogP contribution in [0.25, 0.3) is 22.8 Å². The van der Waals surface area contributed by atoms with Gasteiger partial charge in [0.1, 0.15) is 6.07 Å². The zero-order chi connectivity index (χ0) is 20.5. The van der Waals surface area contributed by atoms with Gasteiger partial charge >= 0.3 is 0 Å². The molecule has 148 valence electrons. The van der Waals surface area contributed by atoms with E-state index in [4.69, 9.17) is 21.4 Å². The second-order valence-corrected chi connectivity index (χ2v) is 7.29. The molecule has 10 heteroatoms. The van der Waals surface area contributed by atoms with Gasteiger partial charge in [-0.1, -0.05) is 22.8 Å². The van der Waals surface area contributed by atoms with Gasteiger partial charge in [-0.3, -0.25) is 9.55 Å². The quantitative estimate of drug-likeness (QED) is 0.496. The van der Waals surface area contributed by atoms with E-state index >= 15 is 0 Å². The van der Waals surface area contributed by atoms with Crippen molar-refractivity contribution in [3.05, 3.63) is 59.1 Å². The van der Waals surface area contributed by atoms with Crippen molar-refractivity contribution in [2.24, 2.45) is 0 Å². The highest BCUT2D eigenvalue weighted by molar-refractivity contribution is 6.30. The highest BCUT2D eigenvalue weighted by Crippen LogP contribution is 2.28. The largest absolute Gasteiger partial charge is 0.334 e. The summed E-state index contributed by atoms with van der Waals surface area (Å²) in [4.78, 5) is 10.7. The van der Waals surface area contributed by atoms with E-state index in [9.17, 15) is 0 Å². The van der Waals surface area contributed by atoms with Gasteiger partial charge in [0.2, 0.25) is 5.95 Å². The third-order valence-corrected chi connectivity index (χ3v) is 5.06. The Kier molecular flexibility index (Phi) is 4.61. The molecule has 5 rings (SSSR count). The molecule has 0 spiro atoms. The van der Waals surface area contributed by atoms with E-state index in [0.717, 1.165) is 36.6 Å². The van der Waals surface area contributed by atoms with Gasteiger partial charge in [0, 0.05) is 41.6 Å². The monoisotopic (exact) mass is 418 g/mol. The first-order chi connectivity index (χ1) is 14.7. The van der Waals surface area contributed by atoms with E-state index in [0.29, 0.717) is 34.7 Å². The second-order valence-electron chi connectivity index (χ2n) is 6.85. The van der Waals surface area contributed by atoms with Crippen LogP contribution in [0.1, 0.15) is 17.8 Å². The molecular weight excluding hydrogens is 404 g/mol. The number of rotatable bonds is 4. The zero-order valence-corrected chi connectivity index (χ0v) is 16.5. The molecule has 30 heavy (non-hydrogen) atoms. The molecule has 0 bridgehead atoms. The molecular formula is C20H15ClN8O. The van der Waals surface area contributed by atoms with Crippen LogP contribution in [0.5, 0.6) is 0 Å². The third kappa shape index (κ3) is 3.38. The SMILES string of the molecule is N#Cc1cncc(-c2nnc3n2CCCN3Cc2noc(-c3cccc(Cl)c3)n2)c1. The predicted octanol–water partition coefficient (Wildman–Crippen LogP) is 3.33. The Hall–Kier alpha value is -3.77. The molecule has 1 aliphatic heterocycles. The summed E-state index contributed by atoms with van der Waals surface area (Å²) in [5, 5.41) is 22.6. The fourth-order valence-electron chi connectivity index (χ4n) is 3.47. The molecule has 3 aromatic heterocycles. The van der Waals surface area contributed by atoms with Crippen LogP contribution in [0.15, 0.2) is 47.2 Å². The Labute approximate surface area is 176 Å². The maximum atomic E-state index is 9.13. The van der Waals surface area contributed by atoms with E-state index in [-0.39, 0.29) is 0 Å². The number of aromatic nitrogens is 6. The van der Waals surface area contributed by atoms with Gasteiger partial charge in [-0.15, -0.1) is 10.2 Å². The third-order valence-electron chi connectivity index (χ3n) is 4.82.